The molecule has 33 heavy (non-hydrogen) atoms. The predicted octanol–water partition coefficient (Wildman–Crippen LogP) is 5.50. The average Bonchev–Trinajstić information content (AvgIpc) is 2.84. The van der Waals surface area contributed by atoms with Crippen LogP contribution in [0, 0.1) is 0 Å². The zero-order valence-electron chi connectivity index (χ0n) is 18.7. The molecule has 166 valence electrons. The first-order chi connectivity index (χ1) is 16.0. The van der Waals surface area contributed by atoms with Crippen LogP contribution in [0.3, 0.4) is 0 Å². The summed E-state index contributed by atoms with van der Waals surface area (Å²) in [5, 5.41) is 15.0. The van der Waals surface area contributed by atoms with Gasteiger partial charge in [-0.25, -0.2) is 10.4 Å². The molecule has 0 radical (unpaired) electrons. The fraction of sp³-hybridized carbons (Fsp3) is 0.148. The lowest BCUT2D eigenvalue weighted by Crippen LogP contribution is -2.18. The summed E-state index contributed by atoms with van der Waals surface area (Å²) in [6, 6.07) is 22.6. The third-order valence-electron chi connectivity index (χ3n) is 5.45. The van der Waals surface area contributed by atoms with Crippen LogP contribution >= 0.6 is 0 Å². The van der Waals surface area contributed by atoms with Crippen LogP contribution in [0.1, 0.15) is 41.3 Å². The Balaban J connectivity index is 1.66. The number of para-hydroxylation sites is 2. The van der Waals surface area contributed by atoms with Gasteiger partial charge in [0, 0.05) is 16.5 Å². The summed E-state index contributed by atoms with van der Waals surface area (Å²) < 4.78 is 5.10. The molecule has 1 aromatic heterocycles. The minimum atomic E-state index is -0.368. The van der Waals surface area contributed by atoms with E-state index in [1.807, 2.05) is 36.4 Å². The maximum absolute atomic E-state index is 13.0. The minimum Gasteiger partial charge on any atom is -0.504 e. The molecule has 3 aromatic carbocycles. The van der Waals surface area contributed by atoms with Crippen molar-refractivity contribution >= 4 is 23.0 Å². The monoisotopic (exact) mass is 439 g/mol. The van der Waals surface area contributed by atoms with Gasteiger partial charge in [-0.3, -0.25) is 4.79 Å². The Hall–Kier alpha value is -4.19. The maximum Gasteiger partial charge on any atom is 0.272 e. The molecule has 1 amide bonds. The Labute approximate surface area is 192 Å². The van der Waals surface area contributed by atoms with Gasteiger partial charge < -0.3 is 9.84 Å². The number of carbonyl (C=O) groups excluding carboxylic acids is 1. The Kier molecular flexibility index (Phi) is 6.36. The first-order valence-electron chi connectivity index (χ1n) is 10.7. The maximum atomic E-state index is 13.0. The van der Waals surface area contributed by atoms with Gasteiger partial charge >= 0.3 is 0 Å². The number of phenolic OH excluding ortho intramolecular Hbond substituents is 1. The van der Waals surface area contributed by atoms with Gasteiger partial charge in [0.05, 0.1) is 30.1 Å². The molecule has 0 saturated carbocycles. The Morgan fingerprint density at radius 1 is 1.06 bits per heavy atom. The number of hydrogen-bond donors (Lipinski definition) is 2. The van der Waals surface area contributed by atoms with E-state index in [0.717, 1.165) is 16.5 Å². The highest BCUT2D eigenvalue weighted by Crippen LogP contribution is 2.28. The number of methoxy groups -OCH3 is 1. The topological polar surface area (TPSA) is 83.8 Å². The van der Waals surface area contributed by atoms with E-state index in [2.05, 4.69) is 36.5 Å². The molecule has 2 N–H and O–H groups in total. The van der Waals surface area contributed by atoms with Crippen molar-refractivity contribution in [2.45, 2.75) is 19.8 Å². The summed E-state index contributed by atoms with van der Waals surface area (Å²) in [6.07, 6.45) is 1.38. The molecule has 0 fully saturated rings. The molecule has 4 rings (SSSR count). The molecule has 0 saturated heterocycles. The van der Waals surface area contributed by atoms with Crippen molar-refractivity contribution in [2.75, 3.05) is 7.11 Å². The number of amides is 1. The van der Waals surface area contributed by atoms with Crippen LogP contribution in [-0.4, -0.2) is 29.3 Å². The number of nitrogens with zero attached hydrogens (tertiary/aromatic N) is 2. The van der Waals surface area contributed by atoms with Gasteiger partial charge in [0.2, 0.25) is 0 Å². The third-order valence-corrected chi connectivity index (χ3v) is 5.45. The Morgan fingerprint density at radius 2 is 1.82 bits per heavy atom. The fourth-order valence-electron chi connectivity index (χ4n) is 3.58. The molecule has 6 heteroatoms. The quantitative estimate of drug-likeness (QED) is 0.307. The lowest BCUT2D eigenvalue weighted by Gasteiger charge is -2.10. The molecular formula is C27H25N3O3. The molecule has 0 spiro atoms. The van der Waals surface area contributed by atoms with Gasteiger partial charge in [-0.05, 0) is 35.7 Å². The summed E-state index contributed by atoms with van der Waals surface area (Å²) in [6.45, 7) is 4.30. The molecule has 1 heterocycles. The second kappa shape index (κ2) is 9.53. The summed E-state index contributed by atoms with van der Waals surface area (Å²) in [5.41, 5.74) is 7.07. The van der Waals surface area contributed by atoms with Crippen molar-refractivity contribution in [3.8, 4) is 22.8 Å². The van der Waals surface area contributed by atoms with Gasteiger partial charge in [-0.2, -0.15) is 5.10 Å². The van der Waals surface area contributed by atoms with Gasteiger partial charge in [-0.1, -0.05) is 62.4 Å². The zero-order valence-corrected chi connectivity index (χ0v) is 18.7. The van der Waals surface area contributed by atoms with Crippen molar-refractivity contribution in [2.24, 2.45) is 5.10 Å². The number of pyridine rings is 1. The molecular weight excluding hydrogens is 414 g/mol. The highest BCUT2D eigenvalue weighted by atomic mass is 16.5. The SMILES string of the molecule is COc1cccc(/C=N\NC(=O)c2cc(-c3ccc(C(C)C)cc3)nc3ccccc23)c1O. The molecule has 0 aliphatic heterocycles. The minimum absolute atomic E-state index is 0.0421. The molecule has 6 nitrogen and oxygen atoms in total. The molecule has 0 bridgehead atoms. The number of benzene rings is 3. The smallest absolute Gasteiger partial charge is 0.272 e. The van der Waals surface area contributed by atoms with E-state index in [4.69, 9.17) is 9.72 Å². The largest absolute Gasteiger partial charge is 0.504 e. The van der Waals surface area contributed by atoms with Crippen LogP contribution in [0.4, 0.5) is 0 Å². The highest BCUT2D eigenvalue weighted by Gasteiger charge is 2.14. The third kappa shape index (κ3) is 4.70. The summed E-state index contributed by atoms with van der Waals surface area (Å²) in [4.78, 5) is 17.8. The van der Waals surface area contributed by atoms with Crippen LogP contribution in [0.5, 0.6) is 11.5 Å². The van der Waals surface area contributed by atoms with E-state index in [9.17, 15) is 9.90 Å². The predicted molar refractivity (Wildman–Crippen MR) is 131 cm³/mol. The van der Waals surface area contributed by atoms with E-state index in [1.54, 1.807) is 24.3 Å². The summed E-state index contributed by atoms with van der Waals surface area (Å²) in [5.74, 6) is 0.358. The number of rotatable bonds is 6. The van der Waals surface area contributed by atoms with Crippen molar-refractivity contribution in [3.63, 3.8) is 0 Å². The van der Waals surface area contributed by atoms with Crippen LogP contribution in [0.2, 0.25) is 0 Å². The lowest BCUT2D eigenvalue weighted by atomic mass is 9.99. The van der Waals surface area contributed by atoms with Gasteiger partial charge in [0.25, 0.3) is 5.91 Å². The van der Waals surface area contributed by atoms with Crippen LogP contribution in [-0.2, 0) is 0 Å². The second-order valence-corrected chi connectivity index (χ2v) is 7.95. The van der Waals surface area contributed by atoms with Crippen molar-refractivity contribution in [3.05, 3.63) is 89.5 Å². The van der Waals surface area contributed by atoms with E-state index in [-0.39, 0.29) is 11.7 Å². The number of aromatic nitrogens is 1. The highest BCUT2D eigenvalue weighted by molar-refractivity contribution is 6.07. The summed E-state index contributed by atoms with van der Waals surface area (Å²) in [7, 11) is 1.47. The Morgan fingerprint density at radius 3 is 2.55 bits per heavy atom. The number of aromatic hydroxyl groups is 1. The number of carbonyl (C=O) groups is 1. The average molecular weight is 440 g/mol. The lowest BCUT2D eigenvalue weighted by molar-refractivity contribution is 0.0956. The number of hydrogen-bond acceptors (Lipinski definition) is 5. The van der Waals surface area contributed by atoms with E-state index >= 15 is 0 Å². The van der Waals surface area contributed by atoms with Gasteiger partial charge in [0.1, 0.15) is 0 Å². The van der Waals surface area contributed by atoms with Crippen molar-refractivity contribution in [1.29, 1.82) is 0 Å². The van der Waals surface area contributed by atoms with E-state index in [0.29, 0.717) is 28.5 Å². The number of phenols is 1. The number of hydrazone groups is 1. The molecule has 0 atom stereocenters. The van der Waals surface area contributed by atoms with Gasteiger partial charge in [0.15, 0.2) is 11.5 Å². The van der Waals surface area contributed by atoms with E-state index in [1.165, 1.54) is 18.9 Å². The molecule has 0 aliphatic carbocycles. The van der Waals surface area contributed by atoms with E-state index < -0.39 is 0 Å². The summed E-state index contributed by atoms with van der Waals surface area (Å²) >= 11 is 0. The Bertz CT molecular complexity index is 1330. The van der Waals surface area contributed by atoms with Crippen LogP contribution in [0.15, 0.2) is 77.9 Å². The standard InChI is InChI=1S/C27H25N3O3/c1-17(2)18-11-13-19(14-12-18)24-15-22(21-8-4-5-9-23(21)29-24)27(32)30-28-16-20-7-6-10-25(33-3)26(20)31/h4-17,31H,1-3H3,(H,30,32)/b28-16-. The number of nitrogens with one attached hydrogen (secondary N) is 1. The molecule has 4 aromatic rings. The first kappa shape index (κ1) is 22.0. The first-order valence-corrected chi connectivity index (χ1v) is 10.7. The zero-order chi connectivity index (χ0) is 23.4. The van der Waals surface area contributed by atoms with Gasteiger partial charge in [-0.15, -0.1) is 0 Å². The van der Waals surface area contributed by atoms with Crippen LogP contribution in [0.25, 0.3) is 22.2 Å². The fourth-order valence-corrected chi connectivity index (χ4v) is 3.58. The molecule has 0 unspecified atom stereocenters. The van der Waals surface area contributed by atoms with Crippen molar-refractivity contribution in [1.82, 2.24) is 10.4 Å². The number of fused-ring (bicyclic) bond motifs is 1. The van der Waals surface area contributed by atoms with Crippen LogP contribution < -0.4 is 10.2 Å². The normalized spacial score (nSPS) is 11.3. The van der Waals surface area contributed by atoms with Crippen molar-refractivity contribution < 1.29 is 14.6 Å². The number of ether oxygens (including phenoxy) is 1. The second-order valence-electron chi connectivity index (χ2n) is 7.95. The molecule has 0 aliphatic rings.